The summed E-state index contributed by atoms with van der Waals surface area (Å²) >= 11 is 0. The number of esters is 3. The van der Waals surface area contributed by atoms with Gasteiger partial charge in [0.25, 0.3) is 0 Å². The van der Waals surface area contributed by atoms with Gasteiger partial charge in [0.15, 0.2) is 6.10 Å². The van der Waals surface area contributed by atoms with E-state index in [1.807, 2.05) is 0 Å². The lowest BCUT2D eigenvalue weighted by Crippen LogP contribution is -2.30. The highest BCUT2D eigenvalue weighted by molar-refractivity contribution is 5.71. The van der Waals surface area contributed by atoms with Crippen LogP contribution >= 0.6 is 0 Å². The highest BCUT2D eigenvalue weighted by Crippen LogP contribution is 2.15. The zero-order valence-electron chi connectivity index (χ0n) is 41.1. The molecule has 0 aliphatic rings. The third kappa shape index (κ3) is 48.4. The summed E-state index contributed by atoms with van der Waals surface area (Å²) in [5, 5.41) is 0. The molecule has 0 heterocycles. The van der Waals surface area contributed by atoms with E-state index in [0.717, 1.165) is 89.9 Å². The normalized spacial score (nSPS) is 12.4. The smallest absolute Gasteiger partial charge is 0.306 e. The van der Waals surface area contributed by atoms with Gasteiger partial charge in [0.2, 0.25) is 0 Å². The van der Waals surface area contributed by atoms with Crippen LogP contribution in [0.25, 0.3) is 0 Å². The molecule has 0 aromatic carbocycles. The lowest BCUT2D eigenvalue weighted by atomic mass is 10.1. The summed E-state index contributed by atoms with van der Waals surface area (Å²) in [6, 6.07) is 0. The van der Waals surface area contributed by atoms with Crippen LogP contribution in [0.4, 0.5) is 0 Å². The van der Waals surface area contributed by atoms with E-state index in [0.29, 0.717) is 19.3 Å². The Kier molecular flexibility index (Phi) is 48.8. The van der Waals surface area contributed by atoms with Crippen molar-refractivity contribution in [3.8, 4) is 0 Å². The topological polar surface area (TPSA) is 78.9 Å². The number of hydrogen-bond acceptors (Lipinski definition) is 6. The van der Waals surface area contributed by atoms with Gasteiger partial charge in [-0.1, -0.05) is 223 Å². The number of ether oxygens (including phenoxy) is 3. The van der Waals surface area contributed by atoms with Crippen LogP contribution in [0, 0.1) is 0 Å². The number of hydrogen-bond donors (Lipinski definition) is 0. The average Bonchev–Trinajstić information content (AvgIpc) is 3.27. The van der Waals surface area contributed by atoms with Gasteiger partial charge in [-0.15, -0.1) is 0 Å². The Morgan fingerprint density at radius 1 is 0.323 bits per heavy atom. The number of rotatable bonds is 48. The molecule has 1 unspecified atom stereocenters. The molecular weight excluding hydrogens is 769 g/mol. The molecular formula is C56H100O6. The van der Waals surface area contributed by atoms with Gasteiger partial charge >= 0.3 is 17.9 Å². The zero-order valence-corrected chi connectivity index (χ0v) is 41.1. The first-order chi connectivity index (χ1) is 30.5. The SMILES string of the molecule is CCCC/C=C\C/C=C\CCCCCCCC(=O)OC(COC(=O)CCCCCCCCCCC)COC(=O)CCCCCCCCCCC/C=C\C/C=C\CCCCCCC. The van der Waals surface area contributed by atoms with Crippen molar-refractivity contribution in [3.63, 3.8) is 0 Å². The predicted octanol–water partition coefficient (Wildman–Crippen LogP) is 17.5. The van der Waals surface area contributed by atoms with Gasteiger partial charge in [0.05, 0.1) is 0 Å². The van der Waals surface area contributed by atoms with Crippen molar-refractivity contribution >= 4 is 17.9 Å². The van der Waals surface area contributed by atoms with E-state index in [-0.39, 0.29) is 31.1 Å². The molecule has 360 valence electrons. The molecule has 0 N–H and O–H groups in total. The lowest BCUT2D eigenvalue weighted by Gasteiger charge is -2.18. The minimum atomic E-state index is -0.778. The van der Waals surface area contributed by atoms with E-state index in [1.165, 1.54) is 141 Å². The van der Waals surface area contributed by atoms with Crippen LogP contribution in [0.1, 0.15) is 271 Å². The molecule has 0 radical (unpaired) electrons. The minimum Gasteiger partial charge on any atom is -0.462 e. The molecule has 0 aromatic heterocycles. The maximum Gasteiger partial charge on any atom is 0.306 e. The number of allylic oxidation sites excluding steroid dienone is 8. The van der Waals surface area contributed by atoms with Crippen LogP contribution in [-0.2, 0) is 28.6 Å². The van der Waals surface area contributed by atoms with Crippen LogP contribution in [-0.4, -0.2) is 37.2 Å². The Balaban J connectivity index is 4.28. The first-order valence-electron chi connectivity index (χ1n) is 26.6. The van der Waals surface area contributed by atoms with E-state index < -0.39 is 6.10 Å². The summed E-state index contributed by atoms with van der Waals surface area (Å²) in [4.78, 5) is 37.9. The van der Waals surface area contributed by atoms with Gasteiger partial charge in [-0.05, 0) is 77.0 Å². The molecule has 6 nitrogen and oxygen atoms in total. The maximum atomic E-state index is 12.8. The fourth-order valence-electron chi connectivity index (χ4n) is 7.49. The summed E-state index contributed by atoms with van der Waals surface area (Å²) in [5.74, 6) is -0.892. The van der Waals surface area contributed by atoms with Gasteiger partial charge < -0.3 is 14.2 Å². The molecule has 1 atom stereocenters. The third-order valence-electron chi connectivity index (χ3n) is 11.6. The maximum absolute atomic E-state index is 12.8. The number of carbonyl (C=O) groups is 3. The second-order valence-corrected chi connectivity index (χ2v) is 17.8. The fourth-order valence-corrected chi connectivity index (χ4v) is 7.49. The van der Waals surface area contributed by atoms with E-state index in [2.05, 4.69) is 69.4 Å². The van der Waals surface area contributed by atoms with Gasteiger partial charge in [-0.2, -0.15) is 0 Å². The molecule has 0 aliphatic carbocycles. The molecule has 0 rings (SSSR count). The average molecular weight is 869 g/mol. The van der Waals surface area contributed by atoms with Crippen molar-refractivity contribution < 1.29 is 28.6 Å². The Morgan fingerprint density at radius 3 is 0.935 bits per heavy atom. The number of unbranched alkanes of at least 4 members (excludes halogenated alkanes) is 29. The third-order valence-corrected chi connectivity index (χ3v) is 11.6. The van der Waals surface area contributed by atoms with E-state index in [1.54, 1.807) is 0 Å². The molecule has 0 fully saturated rings. The molecule has 0 saturated heterocycles. The molecule has 62 heavy (non-hydrogen) atoms. The second kappa shape index (κ2) is 51.0. The van der Waals surface area contributed by atoms with Crippen molar-refractivity contribution in [2.45, 2.75) is 277 Å². The monoisotopic (exact) mass is 869 g/mol. The molecule has 6 heteroatoms. The molecule has 0 saturated carbocycles. The van der Waals surface area contributed by atoms with Gasteiger partial charge in [0.1, 0.15) is 13.2 Å². The second-order valence-electron chi connectivity index (χ2n) is 17.8. The van der Waals surface area contributed by atoms with E-state index in [9.17, 15) is 14.4 Å². The van der Waals surface area contributed by atoms with Crippen molar-refractivity contribution in [2.24, 2.45) is 0 Å². The first kappa shape index (κ1) is 59.4. The Bertz CT molecular complexity index is 1090. The van der Waals surface area contributed by atoms with Crippen LogP contribution < -0.4 is 0 Å². The van der Waals surface area contributed by atoms with Crippen LogP contribution in [0.15, 0.2) is 48.6 Å². The van der Waals surface area contributed by atoms with Gasteiger partial charge in [-0.25, -0.2) is 0 Å². The lowest BCUT2D eigenvalue weighted by molar-refractivity contribution is -0.167. The van der Waals surface area contributed by atoms with Crippen LogP contribution in [0.3, 0.4) is 0 Å². The summed E-state index contributed by atoms with van der Waals surface area (Å²) in [6.07, 6.45) is 61.0. The largest absolute Gasteiger partial charge is 0.462 e. The van der Waals surface area contributed by atoms with Crippen molar-refractivity contribution in [3.05, 3.63) is 48.6 Å². The summed E-state index contributed by atoms with van der Waals surface area (Å²) in [7, 11) is 0. The summed E-state index contributed by atoms with van der Waals surface area (Å²) in [5.41, 5.74) is 0. The molecule has 0 aromatic rings. The first-order valence-corrected chi connectivity index (χ1v) is 26.6. The molecule has 0 bridgehead atoms. The van der Waals surface area contributed by atoms with Gasteiger partial charge in [-0.3, -0.25) is 14.4 Å². The van der Waals surface area contributed by atoms with E-state index in [4.69, 9.17) is 14.2 Å². The van der Waals surface area contributed by atoms with Crippen LogP contribution in [0.5, 0.6) is 0 Å². The molecule has 0 spiro atoms. The highest BCUT2D eigenvalue weighted by Gasteiger charge is 2.19. The Labute approximate surface area is 384 Å². The molecule has 0 amide bonds. The van der Waals surface area contributed by atoms with Crippen molar-refractivity contribution in [1.29, 1.82) is 0 Å². The zero-order chi connectivity index (χ0) is 45.1. The van der Waals surface area contributed by atoms with Crippen LogP contribution in [0.2, 0.25) is 0 Å². The predicted molar refractivity (Wildman–Crippen MR) is 265 cm³/mol. The quantitative estimate of drug-likeness (QED) is 0.0262. The molecule has 0 aliphatic heterocycles. The van der Waals surface area contributed by atoms with E-state index >= 15 is 0 Å². The van der Waals surface area contributed by atoms with Crippen molar-refractivity contribution in [1.82, 2.24) is 0 Å². The summed E-state index contributed by atoms with van der Waals surface area (Å²) < 4.78 is 16.8. The Morgan fingerprint density at radius 2 is 0.597 bits per heavy atom. The minimum absolute atomic E-state index is 0.0784. The highest BCUT2D eigenvalue weighted by atomic mass is 16.6. The Hall–Kier alpha value is -2.63. The van der Waals surface area contributed by atoms with Crippen molar-refractivity contribution in [2.75, 3.05) is 13.2 Å². The number of carbonyl (C=O) groups excluding carboxylic acids is 3. The summed E-state index contributed by atoms with van der Waals surface area (Å²) in [6.45, 7) is 6.57. The van der Waals surface area contributed by atoms with Gasteiger partial charge in [0, 0.05) is 19.3 Å². The fraction of sp³-hybridized carbons (Fsp3) is 0.804. The standard InChI is InChI=1S/C56H100O6/c1-4-7-10-13-16-19-21-23-25-26-27-28-29-30-31-33-34-37-40-43-46-49-55(58)61-52-53(51-60-54(57)48-45-42-39-36-18-15-12-9-6-3)62-56(59)50-47-44-41-38-35-32-24-22-20-17-14-11-8-5-2/h14,17,21-24,26-27,53H,4-13,15-16,18-20,25,28-52H2,1-3H3/b17-14-,23-21-,24-22-,27-26-.